The van der Waals surface area contributed by atoms with Crippen LogP contribution in [0.3, 0.4) is 0 Å². The summed E-state index contributed by atoms with van der Waals surface area (Å²) in [5.74, 6) is 0.453. The average Bonchev–Trinajstić information content (AvgIpc) is 2.53. The van der Waals surface area contributed by atoms with Crippen LogP contribution < -0.4 is 0 Å². The lowest BCUT2D eigenvalue weighted by Crippen LogP contribution is -2.08. The van der Waals surface area contributed by atoms with Gasteiger partial charge in [-0.15, -0.1) is 0 Å². The molecule has 0 aromatic heterocycles. The van der Waals surface area contributed by atoms with Crippen LogP contribution in [-0.2, 0) is 9.47 Å². The average molecular weight is 171 g/mol. The highest BCUT2D eigenvalue weighted by Gasteiger charge is 2.17. The van der Waals surface area contributed by atoms with Gasteiger partial charge in [0.2, 0.25) is 0 Å². The lowest BCUT2D eigenvalue weighted by molar-refractivity contribution is 0.0708. The summed E-state index contributed by atoms with van der Waals surface area (Å²) >= 11 is 0. The number of hydrogen-bond acceptors (Lipinski definition) is 3. The molecule has 0 bridgehead atoms. The van der Waals surface area contributed by atoms with Gasteiger partial charge < -0.3 is 9.47 Å². The van der Waals surface area contributed by atoms with Crippen molar-refractivity contribution in [3.8, 4) is 0 Å². The van der Waals surface area contributed by atoms with Gasteiger partial charge >= 0.3 is 6.16 Å². The van der Waals surface area contributed by atoms with E-state index in [0.29, 0.717) is 12.5 Å². The molecule has 0 spiro atoms. The Hall–Kier alpha value is -0.730. The number of ether oxygens (including phenoxy) is 2. The lowest BCUT2D eigenvalue weighted by Gasteiger charge is -2.07. The van der Waals surface area contributed by atoms with Crippen LogP contribution in [0.25, 0.3) is 0 Å². The fourth-order valence-corrected chi connectivity index (χ4v) is 1.40. The first-order valence-corrected chi connectivity index (χ1v) is 4.49. The van der Waals surface area contributed by atoms with Crippen molar-refractivity contribution in [1.82, 2.24) is 0 Å². The fraction of sp³-hybridized carbons (Fsp3) is 0.778. The van der Waals surface area contributed by atoms with Crippen LogP contribution in [0.15, 0.2) is 0 Å². The highest BCUT2D eigenvalue weighted by atomic mass is 16.7. The maximum absolute atomic E-state index is 10.7. The first-order chi connectivity index (χ1) is 5.83. The summed E-state index contributed by atoms with van der Waals surface area (Å²) in [5.41, 5.74) is 0. The summed E-state index contributed by atoms with van der Waals surface area (Å²) in [4.78, 5) is 10.7. The van der Waals surface area contributed by atoms with E-state index in [-0.39, 0.29) is 0 Å². The predicted molar refractivity (Wildman–Crippen MR) is 44.4 cm³/mol. The first-order valence-electron chi connectivity index (χ1n) is 4.49. The Labute approximate surface area is 73.0 Å². The van der Waals surface area contributed by atoms with E-state index in [4.69, 9.17) is 4.74 Å². The van der Waals surface area contributed by atoms with Crippen molar-refractivity contribution in [2.75, 3.05) is 6.61 Å². The number of carbonyl (C=O) groups excluding carboxylic acids is 1. The molecule has 1 saturated carbocycles. The first kappa shape index (κ1) is 9.36. The number of rotatable bonds is 3. The van der Waals surface area contributed by atoms with Crippen molar-refractivity contribution in [3.63, 3.8) is 0 Å². The fourth-order valence-electron chi connectivity index (χ4n) is 1.40. The monoisotopic (exact) mass is 171 g/mol. The summed E-state index contributed by atoms with van der Waals surface area (Å²) in [6, 6.07) is 0. The topological polar surface area (TPSA) is 35.5 Å². The molecule has 0 saturated heterocycles. The van der Waals surface area contributed by atoms with Crippen molar-refractivity contribution in [3.05, 3.63) is 6.61 Å². The molecule has 0 aromatic carbocycles. The van der Waals surface area contributed by atoms with Crippen molar-refractivity contribution in [2.45, 2.75) is 32.6 Å². The number of carbonyl (C=O) groups is 1. The third-order valence-corrected chi connectivity index (χ3v) is 2.02. The summed E-state index contributed by atoms with van der Waals surface area (Å²) in [5, 5.41) is 0. The van der Waals surface area contributed by atoms with Crippen LogP contribution in [0, 0.1) is 12.5 Å². The second-order valence-corrected chi connectivity index (χ2v) is 2.98. The minimum atomic E-state index is -0.579. The Morgan fingerprint density at radius 3 is 2.75 bits per heavy atom. The minimum Gasteiger partial charge on any atom is -0.435 e. The molecule has 12 heavy (non-hydrogen) atoms. The standard InChI is InChI=1S/C9H15O3/c1-2-11-9(10)12-7-8-5-3-4-6-8/h7-8H,2-6H2,1H3. The van der Waals surface area contributed by atoms with Crippen LogP contribution >= 0.6 is 0 Å². The second kappa shape index (κ2) is 5.01. The van der Waals surface area contributed by atoms with Crippen LogP contribution in [0.5, 0.6) is 0 Å². The third kappa shape index (κ3) is 3.11. The SMILES string of the molecule is CCOC(=O)O[CH]C1CCCC1. The molecular weight excluding hydrogens is 156 g/mol. The van der Waals surface area contributed by atoms with Crippen LogP contribution in [0.1, 0.15) is 32.6 Å². The van der Waals surface area contributed by atoms with Gasteiger partial charge in [-0.25, -0.2) is 4.79 Å². The van der Waals surface area contributed by atoms with Gasteiger partial charge in [0.25, 0.3) is 0 Å². The lowest BCUT2D eigenvalue weighted by atomic mass is 10.1. The zero-order chi connectivity index (χ0) is 8.81. The van der Waals surface area contributed by atoms with Gasteiger partial charge in [-0.05, 0) is 25.7 Å². The Balaban J connectivity index is 2.03. The zero-order valence-electron chi connectivity index (χ0n) is 7.41. The predicted octanol–water partition coefficient (Wildman–Crippen LogP) is 2.51. The molecule has 0 aromatic rings. The van der Waals surface area contributed by atoms with Gasteiger partial charge in [-0.1, -0.05) is 12.8 Å². The largest absolute Gasteiger partial charge is 0.508 e. The summed E-state index contributed by atoms with van der Waals surface area (Å²) in [6.07, 6.45) is 4.18. The molecule has 69 valence electrons. The Morgan fingerprint density at radius 1 is 1.50 bits per heavy atom. The summed E-state index contributed by atoms with van der Waals surface area (Å²) in [7, 11) is 0. The molecule has 1 radical (unpaired) electrons. The smallest absolute Gasteiger partial charge is 0.435 e. The van der Waals surface area contributed by atoms with E-state index in [2.05, 4.69) is 4.74 Å². The van der Waals surface area contributed by atoms with Crippen molar-refractivity contribution in [2.24, 2.45) is 5.92 Å². The summed E-state index contributed by atoms with van der Waals surface area (Å²) < 4.78 is 9.39. The van der Waals surface area contributed by atoms with E-state index in [1.807, 2.05) is 0 Å². The molecule has 1 rings (SSSR count). The Kier molecular flexibility index (Phi) is 3.91. The minimum absolute atomic E-state index is 0.372. The van der Waals surface area contributed by atoms with Gasteiger partial charge in [0, 0.05) is 0 Å². The van der Waals surface area contributed by atoms with Gasteiger partial charge in [0.1, 0.15) is 6.61 Å². The maximum atomic E-state index is 10.7. The van der Waals surface area contributed by atoms with Crippen molar-refractivity contribution < 1.29 is 14.3 Å². The highest BCUT2D eigenvalue weighted by molar-refractivity contribution is 5.60. The molecular formula is C9H15O3. The van der Waals surface area contributed by atoms with E-state index in [1.165, 1.54) is 12.8 Å². The molecule has 3 nitrogen and oxygen atoms in total. The van der Waals surface area contributed by atoms with Crippen LogP contribution in [0.2, 0.25) is 0 Å². The molecule has 1 fully saturated rings. The quantitative estimate of drug-likeness (QED) is 0.612. The molecule has 0 N–H and O–H groups in total. The molecule has 0 amide bonds. The van der Waals surface area contributed by atoms with Crippen molar-refractivity contribution in [1.29, 1.82) is 0 Å². The van der Waals surface area contributed by atoms with E-state index in [1.54, 1.807) is 13.5 Å². The number of hydrogen-bond donors (Lipinski definition) is 0. The Morgan fingerprint density at radius 2 is 2.17 bits per heavy atom. The second-order valence-electron chi connectivity index (χ2n) is 2.98. The van der Waals surface area contributed by atoms with Gasteiger partial charge in [0.15, 0.2) is 0 Å². The van der Waals surface area contributed by atoms with Gasteiger partial charge in [-0.3, -0.25) is 0 Å². The molecule has 1 aliphatic rings. The maximum Gasteiger partial charge on any atom is 0.508 e. The van der Waals surface area contributed by atoms with E-state index >= 15 is 0 Å². The normalized spacial score (nSPS) is 17.8. The van der Waals surface area contributed by atoms with Crippen molar-refractivity contribution >= 4 is 6.16 Å². The molecule has 0 heterocycles. The molecule has 0 aliphatic heterocycles. The van der Waals surface area contributed by atoms with Gasteiger partial charge in [0.05, 0.1) is 6.61 Å². The summed E-state index contributed by atoms with van der Waals surface area (Å²) in [6.45, 7) is 3.75. The Bertz CT molecular complexity index is 139. The molecule has 3 heteroatoms. The molecule has 0 unspecified atom stereocenters. The van der Waals surface area contributed by atoms with Crippen LogP contribution in [-0.4, -0.2) is 12.8 Å². The molecule has 1 aliphatic carbocycles. The van der Waals surface area contributed by atoms with E-state index < -0.39 is 6.16 Å². The molecule has 0 atom stereocenters. The van der Waals surface area contributed by atoms with E-state index in [0.717, 1.165) is 12.8 Å². The zero-order valence-corrected chi connectivity index (χ0v) is 7.41. The van der Waals surface area contributed by atoms with Gasteiger partial charge in [-0.2, -0.15) is 0 Å². The third-order valence-electron chi connectivity index (χ3n) is 2.02. The van der Waals surface area contributed by atoms with E-state index in [9.17, 15) is 4.79 Å². The highest BCUT2D eigenvalue weighted by Crippen LogP contribution is 2.27. The van der Waals surface area contributed by atoms with Crippen LogP contribution in [0.4, 0.5) is 4.79 Å².